The second-order valence-corrected chi connectivity index (χ2v) is 5.80. The minimum Gasteiger partial charge on any atom is -0.462 e. The normalized spacial score (nSPS) is 18.2. The maximum absolute atomic E-state index is 5.39. The third kappa shape index (κ3) is 4.44. The Morgan fingerprint density at radius 3 is 3.05 bits per heavy atom. The van der Waals surface area contributed by atoms with Crippen LogP contribution in [-0.4, -0.2) is 36.1 Å². The first-order chi connectivity index (χ1) is 9.36. The van der Waals surface area contributed by atoms with Gasteiger partial charge in [-0.2, -0.15) is 0 Å². The van der Waals surface area contributed by atoms with Crippen LogP contribution in [0.4, 0.5) is 0 Å². The standard InChI is InChI=1S/C14H19N3OS.2ClH/c1-15-8-12-4-2-6-17(12)9-11-10-19-14(16-11)13-5-3-7-18-13;;/h3,5,7,10,12,15H,2,4,6,8-9H2,1H3;2*1H. The summed E-state index contributed by atoms with van der Waals surface area (Å²) in [6, 6.07) is 4.51. The van der Waals surface area contributed by atoms with E-state index in [2.05, 4.69) is 20.6 Å². The number of hydrogen-bond donors (Lipinski definition) is 1. The lowest BCUT2D eigenvalue weighted by Crippen LogP contribution is -2.36. The topological polar surface area (TPSA) is 41.3 Å². The molecule has 7 heteroatoms. The van der Waals surface area contributed by atoms with Crippen LogP contribution in [0.15, 0.2) is 28.2 Å². The Hall–Kier alpha value is -0.590. The Morgan fingerprint density at radius 1 is 1.48 bits per heavy atom. The van der Waals surface area contributed by atoms with Crippen molar-refractivity contribution in [1.29, 1.82) is 0 Å². The summed E-state index contributed by atoms with van der Waals surface area (Å²) in [6.45, 7) is 3.19. The molecule has 1 unspecified atom stereocenters. The van der Waals surface area contributed by atoms with Gasteiger partial charge in [-0.15, -0.1) is 36.2 Å². The fourth-order valence-corrected chi connectivity index (χ4v) is 3.45. The first kappa shape index (κ1) is 18.5. The summed E-state index contributed by atoms with van der Waals surface area (Å²) in [5.74, 6) is 0.865. The Kier molecular flexibility index (Phi) is 7.70. The first-order valence-electron chi connectivity index (χ1n) is 6.74. The summed E-state index contributed by atoms with van der Waals surface area (Å²) in [5.41, 5.74) is 1.15. The predicted octanol–water partition coefficient (Wildman–Crippen LogP) is 3.43. The van der Waals surface area contributed by atoms with Crippen molar-refractivity contribution in [2.24, 2.45) is 0 Å². The molecular weight excluding hydrogens is 329 g/mol. The van der Waals surface area contributed by atoms with E-state index < -0.39 is 0 Å². The van der Waals surface area contributed by atoms with Crippen molar-refractivity contribution < 1.29 is 4.42 Å². The van der Waals surface area contributed by atoms with Crippen molar-refractivity contribution in [3.63, 3.8) is 0 Å². The molecule has 1 saturated heterocycles. The van der Waals surface area contributed by atoms with Crippen LogP contribution in [0, 0.1) is 0 Å². The molecule has 0 spiro atoms. The van der Waals surface area contributed by atoms with E-state index in [1.807, 2.05) is 19.2 Å². The van der Waals surface area contributed by atoms with E-state index in [0.29, 0.717) is 6.04 Å². The molecule has 1 aliphatic rings. The number of nitrogens with zero attached hydrogens (tertiary/aromatic N) is 2. The number of rotatable bonds is 5. The van der Waals surface area contributed by atoms with Crippen LogP contribution in [-0.2, 0) is 6.54 Å². The second kappa shape index (κ2) is 8.76. The van der Waals surface area contributed by atoms with E-state index in [1.165, 1.54) is 19.4 Å². The molecule has 0 amide bonds. The van der Waals surface area contributed by atoms with Crippen molar-refractivity contribution in [3.8, 4) is 10.8 Å². The zero-order valence-electron chi connectivity index (χ0n) is 11.9. The molecule has 1 fully saturated rings. The molecule has 0 aliphatic carbocycles. The van der Waals surface area contributed by atoms with Gasteiger partial charge in [0.15, 0.2) is 10.8 Å². The van der Waals surface area contributed by atoms with Gasteiger partial charge in [0, 0.05) is 24.5 Å². The van der Waals surface area contributed by atoms with E-state index in [1.54, 1.807) is 17.6 Å². The van der Waals surface area contributed by atoms with Gasteiger partial charge in [-0.3, -0.25) is 4.90 Å². The number of aromatic nitrogens is 1. The van der Waals surface area contributed by atoms with Crippen LogP contribution in [0.25, 0.3) is 10.8 Å². The lowest BCUT2D eigenvalue weighted by Gasteiger charge is -2.23. The summed E-state index contributed by atoms with van der Waals surface area (Å²) in [7, 11) is 2.02. The van der Waals surface area contributed by atoms with E-state index >= 15 is 0 Å². The number of nitrogens with one attached hydrogen (secondary N) is 1. The Bertz CT molecular complexity index is 518. The first-order valence-corrected chi connectivity index (χ1v) is 7.61. The van der Waals surface area contributed by atoms with Crippen LogP contribution in [0.5, 0.6) is 0 Å². The molecule has 0 bridgehead atoms. The highest BCUT2D eigenvalue weighted by Crippen LogP contribution is 2.26. The fraction of sp³-hybridized carbons (Fsp3) is 0.500. The van der Waals surface area contributed by atoms with Crippen molar-refractivity contribution >= 4 is 36.2 Å². The van der Waals surface area contributed by atoms with E-state index in [0.717, 1.165) is 29.6 Å². The fourth-order valence-electron chi connectivity index (χ4n) is 2.67. The molecule has 0 saturated carbocycles. The molecule has 2 aromatic rings. The lowest BCUT2D eigenvalue weighted by atomic mass is 10.2. The zero-order valence-corrected chi connectivity index (χ0v) is 14.4. The summed E-state index contributed by atoms with van der Waals surface area (Å²) >= 11 is 1.66. The van der Waals surface area contributed by atoms with Gasteiger partial charge < -0.3 is 9.73 Å². The molecule has 4 nitrogen and oxygen atoms in total. The molecule has 2 aromatic heterocycles. The van der Waals surface area contributed by atoms with E-state index in [4.69, 9.17) is 4.42 Å². The highest BCUT2D eigenvalue weighted by Gasteiger charge is 2.24. The Balaban J connectivity index is 0.00000110. The van der Waals surface area contributed by atoms with Gasteiger partial charge in [-0.25, -0.2) is 4.98 Å². The third-order valence-electron chi connectivity index (χ3n) is 3.59. The van der Waals surface area contributed by atoms with Gasteiger partial charge >= 0.3 is 0 Å². The van der Waals surface area contributed by atoms with Crippen LogP contribution < -0.4 is 5.32 Å². The summed E-state index contributed by atoms with van der Waals surface area (Å²) in [5, 5.41) is 6.40. The van der Waals surface area contributed by atoms with Crippen LogP contribution >= 0.6 is 36.2 Å². The number of likely N-dealkylation sites (N-methyl/N-ethyl adjacent to an activating group) is 1. The number of likely N-dealkylation sites (tertiary alicyclic amines) is 1. The monoisotopic (exact) mass is 349 g/mol. The van der Waals surface area contributed by atoms with Gasteiger partial charge in [0.1, 0.15) is 0 Å². The van der Waals surface area contributed by atoms with Crippen LogP contribution in [0.3, 0.4) is 0 Å². The van der Waals surface area contributed by atoms with E-state index in [-0.39, 0.29) is 24.8 Å². The Morgan fingerprint density at radius 2 is 2.33 bits per heavy atom. The molecular formula is C14H21Cl2N3OS. The molecule has 21 heavy (non-hydrogen) atoms. The van der Waals surface area contributed by atoms with Crippen molar-refractivity contribution in [2.45, 2.75) is 25.4 Å². The van der Waals surface area contributed by atoms with Gasteiger partial charge in [0.05, 0.1) is 12.0 Å². The van der Waals surface area contributed by atoms with Crippen molar-refractivity contribution in [2.75, 3.05) is 20.1 Å². The largest absolute Gasteiger partial charge is 0.462 e. The lowest BCUT2D eigenvalue weighted by molar-refractivity contribution is 0.240. The summed E-state index contributed by atoms with van der Waals surface area (Å²) < 4.78 is 5.39. The summed E-state index contributed by atoms with van der Waals surface area (Å²) in [4.78, 5) is 7.20. The molecule has 0 aromatic carbocycles. The predicted molar refractivity (Wildman–Crippen MR) is 91.7 cm³/mol. The highest BCUT2D eigenvalue weighted by molar-refractivity contribution is 7.13. The maximum Gasteiger partial charge on any atom is 0.162 e. The smallest absolute Gasteiger partial charge is 0.162 e. The van der Waals surface area contributed by atoms with Crippen LogP contribution in [0.1, 0.15) is 18.5 Å². The Labute approximate surface area is 141 Å². The molecule has 3 heterocycles. The van der Waals surface area contributed by atoms with Crippen molar-refractivity contribution in [1.82, 2.24) is 15.2 Å². The molecule has 3 rings (SSSR count). The molecule has 1 atom stereocenters. The minimum absolute atomic E-state index is 0. The second-order valence-electron chi connectivity index (χ2n) is 4.95. The number of hydrogen-bond acceptors (Lipinski definition) is 5. The summed E-state index contributed by atoms with van der Waals surface area (Å²) in [6.07, 6.45) is 4.28. The molecule has 0 radical (unpaired) electrons. The highest BCUT2D eigenvalue weighted by atomic mass is 35.5. The number of furan rings is 1. The maximum atomic E-state index is 5.39. The average molecular weight is 350 g/mol. The average Bonchev–Trinajstić information content (AvgIpc) is 3.12. The van der Waals surface area contributed by atoms with Gasteiger partial charge in [0.2, 0.25) is 0 Å². The third-order valence-corrected chi connectivity index (χ3v) is 4.49. The molecule has 118 valence electrons. The molecule has 1 aliphatic heterocycles. The minimum atomic E-state index is 0. The molecule has 1 N–H and O–H groups in total. The number of halogens is 2. The van der Waals surface area contributed by atoms with Crippen molar-refractivity contribution in [3.05, 3.63) is 29.5 Å². The SMILES string of the molecule is CNCC1CCCN1Cc1csc(-c2ccco2)n1.Cl.Cl. The number of thiazole rings is 1. The quantitative estimate of drug-likeness (QED) is 0.897. The van der Waals surface area contributed by atoms with Gasteiger partial charge in [-0.05, 0) is 38.6 Å². The van der Waals surface area contributed by atoms with Gasteiger partial charge in [0.25, 0.3) is 0 Å². The van der Waals surface area contributed by atoms with Gasteiger partial charge in [-0.1, -0.05) is 0 Å². The van der Waals surface area contributed by atoms with Crippen LogP contribution in [0.2, 0.25) is 0 Å². The van der Waals surface area contributed by atoms with E-state index in [9.17, 15) is 0 Å². The zero-order chi connectivity index (χ0) is 13.1.